The van der Waals surface area contributed by atoms with Crippen LogP contribution in [0, 0.1) is 17.1 Å². The van der Waals surface area contributed by atoms with Crippen LogP contribution in [-0.4, -0.2) is 28.5 Å². The van der Waals surface area contributed by atoms with Gasteiger partial charge in [-0.25, -0.2) is 9.18 Å². The zero-order valence-electron chi connectivity index (χ0n) is 19.1. The van der Waals surface area contributed by atoms with Crippen molar-refractivity contribution in [1.82, 2.24) is 0 Å². The van der Waals surface area contributed by atoms with Gasteiger partial charge in [0, 0.05) is 17.2 Å². The number of rotatable bonds is 7. The van der Waals surface area contributed by atoms with Crippen LogP contribution in [-0.2, 0) is 4.79 Å². The number of nitriles is 1. The Morgan fingerprint density at radius 1 is 1.06 bits per heavy atom. The third-order valence-electron chi connectivity index (χ3n) is 4.53. The Kier molecular flexibility index (Phi) is 7.52. The van der Waals surface area contributed by atoms with E-state index >= 15 is 0 Å². The first-order valence-electron chi connectivity index (χ1n) is 10.4. The number of anilines is 2. The summed E-state index contributed by atoms with van der Waals surface area (Å²) in [6.45, 7) is 5.35. The van der Waals surface area contributed by atoms with Gasteiger partial charge in [0.05, 0.1) is 22.7 Å². The number of halogens is 1. The van der Waals surface area contributed by atoms with Gasteiger partial charge >= 0.3 is 6.09 Å². The van der Waals surface area contributed by atoms with E-state index in [0.29, 0.717) is 4.88 Å². The minimum Gasteiger partial charge on any atom is -0.487 e. The first-order chi connectivity index (χ1) is 16.5. The highest BCUT2D eigenvalue weighted by atomic mass is 32.1. The molecule has 0 atom stereocenters. The quantitative estimate of drug-likeness (QED) is 0.276. The van der Waals surface area contributed by atoms with Crippen LogP contribution in [0.4, 0.5) is 20.6 Å². The normalized spacial score (nSPS) is 10.8. The number of hydrogen-bond donors (Lipinski definition) is 3. The predicted octanol–water partition coefficient (Wildman–Crippen LogP) is 5.90. The molecule has 1 aromatic heterocycles. The van der Waals surface area contributed by atoms with Crippen molar-refractivity contribution in [2.45, 2.75) is 32.8 Å². The van der Waals surface area contributed by atoms with Gasteiger partial charge in [0.2, 0.25) is 5.91 Å². The molecule has 0 saturated heterocycles. The molecule has 2 aromatic carbocycles. The summed E-state index contributed by atoms with van der Waals surface area (Å²) >= 11 is 0.970. The van der Waals surface area contributed by atoms with Crippen molar-refractivity contribution in [2.75, 3.05) is 10.6 Å². The smallest absolute Gasteiger partial charge is 0.409 e. The van der Waals surface area contributed by atoms with Crippen molar-refractivity contribution in [3.05, 3.63) is 64.1 Å². The number of nitrogens with one attached hydrogen (secondary N) is 2. The van der Waals surface area contributed by atoms with E-state index in [4.69, 9.17) is 10.00 Å². The van der Waals surface area contributed by atoms with E-state index in [1.807, 2.05) is 6.07 Å². The first kappa shape index (κ1) is 25.4. The van der Waals surface area contributed by atoms with Crippen molar-refractivity contribution >= 4 is 40.5 Å². The number of Topliss-reactive ketones (excluding diaryl/α,β-unsaturated/α-hetero) is 1. The van der Waals surface area contributed by atoms with Crippen LogP contribution in [0.25, 0.3) is 11.1 Å². The fraction of sp³-hybridized carbons (Fsp3) is 0.200. The lowest BCUT2D eigenvalue weighted by Crippen LogP contribution is -2.24. The fourth-order valence-corrected chi connectivity index (χ4v) is 3.92. The van der Waals surface area contributed by atoms with Gasteiger partial charge in [-0.2, -0.15) is 5.26 Å². The molecular weight excluding hydrogens is 473 g/mol. The standard InChI is InChI=1S/C25H22FN3O5S/c1-25(2,3)34-21-11-19(29-24(32)33)18(10-16(21)15-6-4-5-7-17(15)26)28-23(31)12-20(30)22-9-8-14(13-27)35-22/h4-11,29H,12H2,1-3H3,(H,28,31)(H,32,33). The number of amides is 2. The molecule has 8 nitrogen and oxygen atoms in total. The lowest BCUT2D eigenvalue weighted by molar-refractivity contribution is -0.115. The zero-order valence-corrected chi connectivity index (χ0v) is 20.0. The zero-order chi connectivity index (χ0) is 25.8. The summed E-state index contributed by atoms with van der Waals surface area (Å²) in [7, 11) is 0. The van der Waals surface area contributed by atoms with Crippen LogP contribution < -0.4 is 15.4 Å². The van der Waals surface area contributed by atoms with E-state index in [-0.39, 0.29) is 33.1 Å². The minimum absolute atomic E-state index is 0.0134. The van der Waals surface area contributed by atoms with Crippen molar-refractivity contribution in [3.8, 4) is 22.9 Å². The number of ether oxygens (including phenoxy) is 1. The molecule has 0 unspecified atom stereocenters. The highest BCUT2D eigenvalue weighted by molar-refractivity contribution is 7.14. The van der Waals surface area contributed by atoms with Crippen molar-refractivity contribution < 1.29 is 28.6 Å². The highest BCUT2D eigenvalue weighted by Crippen LogP contribution is 2.40. The van der Waals surface area contributed by atoms with Gasteiger partial charge in [-0.15, -0.1) is 11.3 Å². The van der Waals surface area contributed by atoms with Crippen molar-refractivity contribution in [3.63, 3.8) is 0 Å². The van der Waals surface area contributed by atoms with Crippen LogP contribution in [0.5, 0.6) is 5.75 Å². The number of ketones is 1. The second-order valence-electron chi connectivity index (χ2n) is 8.44. The number of carbonyl (C=O) groups excluding carboxylic acids is 2. The maximum atomic E-state index is 14.7. The van der Waals surface area contributed by atoms with Crippen molar-refractivity contribution in [1.29, 1.82) is 5.26 Å². The van der Waals surface area contributed by atoms with E-state index in [1.54, 1.807) is 26.8 Å². The molecule has 3 rings (SSSR count). The molecule has 2 amide bonds. The van der Waals surface area contributed by atoms with Crippen LogP contribution in [0.3, 0.4) is 0 Å². The number of thiophene rings is 1. The Bertz CT molecular complexity index is 1340. The summed E-state index contributed by atoms with van der Waals surface area (Å²) in [5.74, 6) is -1.55. The maximum Gasteiger partial charge on any atom is 0.409 e. The van der Waals surface area contributed by atoms with E-state index in [0.717, 1.165) is 11.3 Å². The molecule has 0 fully saturated rings. The third kappa shape index (κ3) is 6.65. The van der Waals surface area contributed by atoms with E-state index in [2.05, 4.69) is 10.6 Å². The van der Waals surface area contributed by atoms with E-state index < -0.39 is 35.6 Å². The Morgan fingerprint density at radius 2 is 1.74 bits per heavy atom. The highest BCUT2D eigenvalue weighted by Gasteiger charge is 2.22. The Labute approximate surface area is 205 Å². The summed E-state index contributed by atoms with van der Waals surface area (Å²) in [5.41, 5.74) is -0.217. The SMILES string of the molecule is CC(C)(C)Oc1cc(NC(=O)O)c(NC(=O)CC(=O)c2ccc(C#N)s2)cc1-c1ccccc1F. The van der Waals surface area contributed by atoms with Gasteiger partial charge < -0.3 is 15.2 Å². The van der Waals surface area contributed by atoms with Gasteiger partial charge in [0.1, 0.15) is 28.1 Å². The molecule has 3 N–H and O–H groups in total. The molecule has 0 radical (unpaired) electrons. The molecule has 0 aliphatic heterocycles. The molecule has 3 aromatic rings. The predicted molar refractivity (Wildman–Crippen MR) is 130 cm³/mol. The van der Waals surface area contributed by atoms with Gasteiger partial charge in [-0.05, 0) is 45.0 Å². The lowest BCUT2D eigenvalue weighted by atomic mass is 10.0. The average Bonchev–Trinajstić information content (AvgIpc) is 3.24. The Morgan fingerprint density at radius 3 is 2.34 bits per heavy atom. The second kappa shape index (κ2) is 10.4. The maximum absolute atomic E-state index is 14.7. The van der Waals surface area contributed by atoms with Crippen LogP contribution in [0.2, 0.25) is 0 Å². The summed E-state index contributed by atoms with van der Waals surface area (Å²) in [6, 6.07) is 13.6. The molecule has 0 aliphatic carbocycles. The van der Waals surface area contributed by atoms with Gasteiger partial charge in [0.15, 0.2) is 5.78 Å². The first-order valence-corrected chi connectivity index (χ1v) is 11.2. The Balaban J connectivity index is 2.01. The number of benzene rings is 2. The summed E-state index contributed by atoms with van der Waals surface area (Å²) in [5, 5.41) is 23.0. The largest absolute Gasteiger partial charge is 0.487 e. The molecule has 0 spiro atoms. The minimum atomic E-state index is -1.39. The molecule has 10 heteroatoms. The number of carboxylic acid groups (broad SMARTS) is 1. The van der Waals surface area contributed by atoms with Crippen LogP contribution >= 0.6 is 11.3 Å². The summed E-state index contributed by atoms with van der Waals surface area (Å²) in [4.78, 5) is 37.1. The third-order valence-corrected chi connectivity index (χ3v) is 5.56. The van der Waals surface area contributed by atoms with Crippen LogP contribution in [0.15, 0.2) is 48.5 Å². The molecule has 1 heterocycles. The van der Waals surface area contributed by atoms with Crippen LogP contribution in [0.1, 0.15) is 41.7 Å². The van der Waals surface area contributed by atoms with Gasteiger partial charge in [0.25, 0.3) is 0 Å². The lowest BCUT2D eigenvalue weighted by Gasteiger charge is -2.25. The molecule has 0 saturated carbocycles. The van der Waals surface area contributed by atoms with Gasteiger partial charge in [-0.3, -0.25) is 14.9 Å². The second-order valence-corrected chi connectivity index (χ2v) is 9.53. The monoisotopic (exact) mass is 495 g/mol. The number of carbonyl (C=O) groups is 3. The van der Waals surface area contributed by atoms with E-state index in [1.165, 1.54) is 42.5 Å². The molecular formula is C25H22FN3O5S. The molecule has 180 valence electrons. The summed E-state index contributed by atoms with van der Waals surface area (Å²) < 4.78 is 20.6. The summed E-state index contributed by atoms with van der Waals surface area (Å²) in [6.07, 6.45) is -1.92. The number of hydrogen-bond acceptors (Lipinski definition) is 6. The molecule has 0 aliphatic rings. The van der Waals surface area contributed by atoms with E-state index in [9.17, 15) is 23.9 Å². The van der Waals surface area contributed by atoms with Gasteiger partial charge in [-0.1, -0.05) is 18.2 Å². The van der Waals surface area contributed by atoms with Crippen molar-refractivity contribution in [2.24, 2.45) is 0 Å². The molecule has 0 bridgehead atoms. The Hall–Kier alpha value is -4.23. The number of nitrogens with zero attached hydrogens (tertiary/aromatic N) is 1. The molecule has 35 heavy (non-hydrogen) atoms. The average molecular weight is 496 g/mol. The fourth-order valence-electron chi connectivity index (χ4n) is 3.18. The topological polar surface area (TPSA) is 129 Å².